The lowest BCUT2D eigenvalue weighted by atomic mass is 10.3. The Kier molecular flexibility index (Phi) is 5.17. The van der Waals surface area contributed by atoms with Gasteiger partial charge in [0.25, 0.3) is 5.91 Å². The van der Waals surface area contributed by atoms with Gasteiger partial charge in [-0.05, 0) is 22.0 Å². The molecule has 0 saturated carbocycles. The molecule has 0 atom stereocenters. The number of carbonyl (C=O) groups is 1. The van der Waals surface area contributed by atoms with Crippen LogP contribution < -0.4 is 0 Å². The molecule has 1 fully saturated rings. The van der Waals surface area contributed by atoms with Crippen molar-refractivity contribution >= 4 is 21.8 Å². The number of aromatic amines is 1. The normalized spacial score (nSPS) is 15.6. The van der Waals surface area contributed by atoms with Crippen LogP contribution in [0.1, 0.15) is 17.9 Å². The van der Waals surface area contributed by atoms with E-state index < -0.39 is 0 Å². The second-order valence-electron chi connectivity index (χ2n) is 3.59. The molecule has 1 N–H and O–H groups in total. The third-order valence-electron chi connectivity index (χ3n) is 2.34. The zero-order valence-electron chi connectivity index (χ0n) is 8.90. The summed E-state index contributed by atoms with van der Waals surface area (Å²) >= 11 is 3.29. The number of hydrogen-bond donors (Lipinski definition) is 1. The largest absolute Gasteiger partial charge is 0.356 e. The van der Waals surface area contributed by atoms with Crippen LogP contribution in [0.5, 0.6) is 0 Å². The van der Waals surface area contributed by atoms with Crippen molar-refractivity contribution in [2.45, 2.75) is 13.7 Å². The fraction of sp³-hybridized carbons (Fsp3) is 0.545. The van der Waals surface area contributed by atoms with Gasteiger partial charge in [-0.1, -0.05) is 7.43 Å². The van der Waals surface area contributed by atoms with Crippen LogP contribution >= 0.6 is 15.9 Å². The minimum absolute atomic E-state index is 0. The molecule has 1 amide bonds. The van der Waals surface area contributed by atoms with Crippen molar-refractivity contribution in [1.82, 2.24) is 9.88 Å². The van der Waals surface area contributed by atoms with Gasteiger partial charge >= 0.3 is 0 Å². The summed E-state index contributed by atoms with van der Waals surface area (Å²) < 4.78 is 11.4. The van der Waals surface area contributed by atoms with Gasteiger partial charge in [0.05, 0.1) is 19.8 Å². The van der Waals surface area contributed by atoms with Gasteiger partial charge in [0.15, 0.2) is 6.29 Å². The number of aromatic nitrogens is 1. The number of likely N-dealkylation sites (N-methyl/N-ethyl adjacent to an activating group) is 1. The van der Waals surface area contributed by atoms with Crippen LogP contribution in [-0.4, -0.2) is 48.9 Å². The lowest BCUT2D eigenvalue weighted by molar-refractivity contribution is -0.0543. The molecule has 0 spiro atoms. The molecule has 1 aliphatic rings. The standard InChI is InChI=1S/C10H13BrN2O3.CH4/c1-13(6-9-15-2-3-16-9)10(14)8-4-7(11)5-12-8;/h4-5,9,12H,2-3,6H2,1H3;1H4. The number of halogens is 1. The number of nitrogens with zero attached hydrogens (tertiary/aromatic N) is 1. The number of hydrogen-bond acceptors (Lipinski definition) is 3. The van der Waals surface area contributed by atoms with Crippen molar-refractivity contribution < 1.29 is 14.3 Å². The summed E-state index contributed by atoms with van der Waals surface area (Å²) in [5.74, 6) is -0.0789. The van der Waals surface area contributed by atoms with Crippen molar-refractivity contribution in [1.29, 1.82) is 0 Å². The van der Waals surface area contributed by atoms with E-state index in [9.17, 15) is 4.79 Å². The molecule has 1 aromatic rings. The second kappa shape index (κ2) is 6.18. The number of rotatable bonds is 3. The Bertz CT molecular complexity index is 375. The van der Waals surface area contributed by atoms with Crippen molar-refractivity contribution in [3.63, 3.8) is 0 Å². The SMILES string of the molecule is C.CN(CC1OCCO1)C(=O)c1cc(Br)c[nH]1. The maximum atomic E-state index is 11.9. The summed E-state index contributed by atoms with van der Waals surface area (Å²) in [5, 5.41) is 0. The molecule has 0 radical (unpaired) electrons. The second-order valence-corrected chi connectivity index (χ2v) is 4.50. The van der Waals surface area contributed by atoms with Gasteiger partial charge in [0.2, 0.25) is 0 Å². The Hall–Kier alpha value is -0.850. The quantitative estimate of drug-likeness (QED) is 0.927. The average molecular weight is 305 g/mol. The predicted octanol–water partition coefficient (Wildman–Crippen LogP) is 1.86. The summed E-state index contributed by atoms with van der Waals surface area (Å²) in [6, 6.07) is 1.75. The van der Waals surface area contributed by atoms with Crippen molar-refractivity contribution in [2.24, 2.45) is 0 Å². The van der Waals surface area contributed by atoms with E-state index >= 15 is 0 Å². The lowest BCUT2D eigenvalue weighted by Crippen LogP contribution is -2.34. The lowest BCUT2D eigenvalue weighted by Gasteiger charge is -2.19. The number of H-pyrrole nitrogens is 1. The smallest absolute Gasteiger partial charge is 0.270 e. The molecular formula is C11H17BrN2O3. The van der Waals surface area contributed by atoms with Gasteiger partial charge in [-0.15, -0.1) is 0 Å². The summed E-state index contributed by atoms with van der Waals surface area (Å²) in [6.45, 7) is 1.64. The average Bonchev–Trinajstić information content (AvgIpc) is 2.88. The van der Waals surface area contributed by atoms with Crippen molar-refractivity contribution in [3.8, 4) is 0 Å². The van der Waals surface area contributed by atoms with E-state index in [2.05, 4.69) is 20.9 Å². The fourth-order valence-electron chi connectivity index (χ4n) is 1.52. The maximum Gasteiger partial charge on any atom is 0.270 e. The summed E-state index contributed by atoms with van der Waals surface area (Å²) in [6.07, 6.45) is 1.43. The van der Waals surface area contributed by atoms with E-state index in [0.717, 1.165) is 4.47 Å². The molecule has 5 nitrogen and oxygen atoms in total. The first-order chi connectivity index (χ1) is 7.66. The Balaban J connectivity index is 0.00000144. The summed E-state index contributed by atoms with van der Waals surface area (Å²) in [7, 11) is 1.72. The molecule has 1 aliphatic heterocycles. The molecule has 17 heavy (non-hydrogen) atoms. The van der Waals surface area contributed by atoms with Gasteiger partial charge in [-0.2, -0.15) is 0 Å². The molecule has 2 rings (SSSR count). The van der Waals surface area contributed by atoms with Crippen molar-refractivity contribution in [2.75, 3.05) is 26.8 Å². The highest BCUT2D eigenvalue weighted by Crippen LogP contribution is 2.13. The van der Waals surface area contributed by atoms with Gasteiger partial charge in [-0.25, -0.2) is 0 Å². The van der Waals surface area contributed by atoms with Crippen LogP contribution in [0.3, 0.4) is 0 Å². The highest BCUT2D eigenvalue weighted by molar-refractivity contribution is 9.10. The molecule has 0 unspecified atom stereocenters. The van der Waals surface area contributed by atoms with E-state index in [1.165, 1.54) is 0 Å². The zero-order chi connectivity index (χ0) is 11.5. The van der Waals surface area contributed by atoms with Crippen LogP contribution in [0.4, 0.5) is 0 Å². The molecule has 0 aliphatic carbocycles. The molecule has 6 heteroatoms. The topological polar surface area (TPSA) is 54.6 Å². The highest BCUT2D eigenvalue weighted by atomic mass is 79.9. The first-order valence-corrected chi connectivity index (χ1v) is 5.78. The number of nitrogens with one attached hydrogen (secondary N) is 1. The molecule has 0 aromatic carbocycles. The van der Waals surface area contributed by atoms with Gasteiger partial charge in [-0.3, -0.25) is 4.79 Å². The van der Waals surface area contributed by atoms with Gasteiger partial charge in [0, 0.05) is 17.7 Å². The van der Waals surface area contributed by atoms with E-state index in [0.29, 0.717) is 25.5 Å². The monoisotopic (exact) mass is 304 g/mol. The van der Waals surface area contributed by atoms with Crippen LogP contribution in [0.2, 0.25) is 0 Å². The molecule has 1 saturated heterocycles. The molecule has 96 valence electrons. The van der Waals surface area contributed by atoms with Crippen LogP contribution in [-0.2, 0) is 9.47 Å². The van der Waals surface area contributed by atoms with Crippen LogP contribution in [0, 0.1) is 0 Å². The third kappa shape index (κ3) is 3.55. The number of ether oxygens (including phenoxy) is 2. The van der Waals surface area contributed by atoms with Gasteiger partial charge in [0.1, 0.15) is 5.69 Å². The number of amides is 1. The fourth-order valence-corrected chi connectivity index (χ4v) is 1.86. The van der Waals surface area contributed by atoms with E-state index in [-0.39, 0.29) is 19.6 Å². The molecule has 2 heterocycles. The Labute approximate surface area is 109 Å². The van der Waals surface area contributed by atoms with Crippen molar-refractivity contribution in [3.05, 3.63) is 22.4 Å². The zero-order valence-corrected chi connectivity index (χ0v) is 10.5. The van der Waals surface area contributed by atoms with Crippen LogP contribution in [0.15, 0.2) is 16.7 Å². The Morgan fingerprint density at radius 3 is 2.76 bits per heavy atom. The van der Waals surface area contributed by atoms with Crippen LogP contribution in [0.25, 0.3) is 0 Å². The van der Waals surface area contributed by atoms with E-state index in [1.54, 1.807) is 24.2 Å². The van der Waals surface area contributed by atoms with E-state index in [1.807, 2.05) is 0 Å². The highest BCUT2D eigenvalue weighted by Gasteiger charge is 2.21. The third-order valence-corrected chi connectivity index (χ3v) is 2.80. The minimum atomic E-state index is -0.299. The molecular weight excluding hydrogens is 288 g/mol. The minimum Gasteiger partial charge on any atom is -0.356 e. The Morgan fingerprint density at radius 1 is 1.59 bits per heavy atom. The predicted molar refractivity (Wildman–Crippen MR) is 67.9 cm³/mol. The summed E-state index contributed by atoms with van der Waals surface area (Å²) in [4.78, 5) is 16.4. The van der Waals surface area contributed by atoms with Gasteiger partial charge < -0.3 is 19.4 Å². The first kappa shape index (κ1) is 14.2. The first-order valence-electron chi connectivity index (χ1n) is 4.99. The molecule has 0 bridgehead atoms. The summed E-state index contributed by atoms with van der Waals surface area (Å²) in [5.41, 5.74) is 0.548. The maximum absolute atomic E-state index is 11.9. The van der Waals surface area contributed by atoms with E-state index in [4.69, 9.17) is 9.47 Å². The Morgan fingerprint density at radius 2 is 2.24 bits per heavy atom. The molecule has 1 aromatic heterocycles. The number of carbonyl (C=O) groups excluding carboxylic acids is 1.